The molecule has 1 saturated heterocycles. The molecule has 1 aromatic rings. The van der Waals surface area contributed by atoms with Crippen molar-refractivity contribution in [1.82, 2.24) is 5.32 Å². The Kier molecular flexibility index (Phi) is 5.86. The van der Waals surface area contributed by atoms with Crippen molar-refractivity contribution in [2.75, 3.05) is 25.7 Å². The van der Waals surface area contributed by atoms with Gasteiger partial charge in [0, 0.05) is 12.5 Å². The highest BCUT2D eigenvalue weighted by atomic mass is 32.2. The Labute approximate surface area is 147 Å². The molecular formula is C15H16N2O7S. The zero-order chi connectivity index (χ0) is 18.6. The monoisotopic (exact) mass is 368 g/mol. The SMILES string of the molecule is COc1ccc(N2C(=O)SC(CC(=O)NCC(=O)O)C2=O)c(OC)c1. The van der Waals surface area contributed by atoms with E-state index in [4.69, 9.17) is 14.6 Å². The van der Waals surface area contributed by atoms with Crippen LogP contribution in [0.2, 0.25) is 0 Å². The second kappa shape index (κ2) is 7.88. The molecule has 0 saturated carbocycles. The van der Waals surface area contributed by atoms with Crippen LogP contribution in [0.4, 0.5) is 10.5 Å². The molecule has 0 spiro atoms. The molecular weight excluding hydrogens is 352 g/mol. The molecule has 10 heteroatoms. The first-order valence-corrected chi connectivity index (χ1v) is 8.00. The van der Waals surface area contributed by atoms with Gasteiger partial charge in [-0.1, -0.05) is 0 Å². The van der Waals surface area contributed by atoms with E-state index in [0.717, 1.165) is 4.90 Å². The molecule has 25 heavy (non-hydrogen) atoms. The number of methoxy groups -OCH3 is 2. The van der Waals surface area contributed by atoms with Crippen molar-refractivity contribution in [3.8, 4) is 11.5 Å². The maximum Gasteiger partial charge on any atom is 0.322 e. The number of nitrogens with zero attached hydrogens (tertiary/aromatic N) is 1. The first-order chi connectivity index (χ1) is 11.9. The van der Waals surface area contributed by atoms with Gasteiger partial charge in [0.25, 0.3) is 5.24 Å². The molecule has 2 rings (SSSR count). The fraction of sp³-hybridized carbons (Fsp3) is 0.333. The molecule has 1 fully saturated rings. The number of benzene rings is 1. The van der Waals surface area contributed by atoms with Gasteiger partial charge in [-0.05, 0) is 23.9 Å². The van der Waals surface area contributed by atoms with Gasteiger partial charge in [-0.15, -0.1) is 0 Å². The number of nitrogens with one attached hydrogen (secondary N) is 1. The highest BCUT2D eigenvalue weighted by Gasteiger charge is 2.42. The van der Waals surface area contributed by atoms with Crippen molar-refractivity contribution in [3.63, 3.8) is 0 Å². The van der Waals surface area contributed by atoms with Gasteiger partial charge in [0.15, 0.2) is 0 Å². The molecule has 1 aromatic carbocycles. The van der Waals surface area contributed by atoms with Gasteiger partial charge in [0.05, 0.1) is 19.9 Å². The van der Waals surface area contributed by atoms with Gasteiger partial charge >= 0.3 is 5.97 Å². The third-order valence-corrected chi connectivity index (χ3v) is 4.39. The summed E-state index contributed by atoms with van der Waals surface area (Å²) in [5.74, 6) is -1.61. The van der Waals surface area contributed by atoms with Crippen molar-refractivity contribution in [2.24, 2.45) is 0 Å². The Hall–Kier alpha value is -2.75. The molecule has 134 valence electrons. The molecule has 1 heterocycles. The van der Waals surface area contributed by atoms with Gasteiger partial charge in [-0.2, -0.15) is 0 Å². The third-order valence-electron chi connectivity index (χ3n) is 3.36. The number of hydrogen-bond acceptors (Lipinski definition) is 7. The molecule has 1 atom stereocenters. The van der Waals surface area contributed by atoms with Gasteiger partial charge in [-0.25, -0.2) is 4.90 Å². The summed E-state index contributed by atoms with van der Waals surface area (Å²) < 4.78 is 10.3. The number of ether oxygens (including phenoxy) is 2. The fourth-order valence-electron chi connectivity index (χ4n) is 2.19. The predicted molar refractivity (Wildman–Crippen MR) is 89.1 cm³/mol. The lowest BCUT2D eigenvalue weighted by Crippen LogP contribution is -2.36. The van der Waals surface area contributed by atoms with Crippen LogP contribution < -0.4 is 19.7 Å². The molecule has 0 aromatic heterocycles. The van der Waals surface area contributed by atoms with Gasteiger partial charge in [0.1, 0.15) is 23.3 Å². The second-order valence-electron chi connectivity index (χ2n) is 4.96. The van der Waals surface area contributed by atoms with E-state index in [1.807, 2.05) is 0 Å². The van der Waals surface area contributed by atoms with E-state index >= 15 is 0 Å². The predicted octanol–water partition coefficient (Wildman–Crippen LogP) is 0.863. The highest BCUT2D eigenvalue weighted by Crippen LogP contribution is 2.39. The maximum atomic E-state index is 12.5. The number of carboxylic acids is 1. The first kappa shape index (κ1) is 18.6. The molecule has 3 amide bonds. The molecule has 2 N–H and O–H groups in total. The van der Waals surface area contributed by atoms with Crippen LogP contribution >= 0.6 is 11.8 Å². The van der Waals surface area contributed by atoms with E-state index in [1.54, 1.807) is 6.07 Å². The van der Waals surface area contributed by atoms with Gasteiger partial charge in [0.2, 0.25) is 11.8 Å². The minimum atomic E-state index is -1.19. The van der Waals surface area contributed by atoms with Crippen LogP contribution in [-0.4, -0.2) is 54.1 Å². The Balaban J connectivity index is 2.16. The van der Waals surface area contributed by atoms with Crippen LogP contribution in [-0.2, 0) is 14.4 Å². The number of anilines is 1. The zero-order valence-electron chi connectivity index (χ0n) is 13.5. The number of thioether (sulfide) groups is 1. The largest absolute Gasteiger partial charge is 0.497 e. The minimum Gasteiger partial charge on any atom is -0.497 e. The quantitative estimate of drug-likeness (QED) is 0.727. The molecule has 0 radical (unpaired) electrons. The van der Waals surface area contributed by atoms with E-state index in [0.29, 0.717) is 17.5 Å². The summed E-state index contributed by atoms with van der Waals surface area (Å²) >= 11 is 0.711. The van der Waals surface area contributed by atoms with E-state index in [2.05, 4.69) is 5.32 Å². The fourth-order valence-corrected chi connectivity index (χ4v) is 3.17. The lowest BCUT2D eigenvalue weighted by molar-refractivity contribution is -0.137. The Morgan fingerprint density at radius 1 is 1.28 bits per heavy atom. The topological polar surface area (TPSA) is 122 Å². The molecule has 1 unspecified atom stereocenters. The minimum absolute atomic E-state index is 0.249. The standard InChI is InChI=1S/C15H16N2O7S/c1-23-8-3-4-9(10(5-8)24-2)17-14(21)11(25-15(17)22)6-12(18)16-7-13(19)20/h3-5,11H,6-7H2,1-2H3,(H,16,18)(H,19,20). The molecule has 0 aliphatic carbocycles. The van der Waals surface area contributed by atoms with Gasteiger partial charge < -0.3 is 19.9 Å². The lowest BCUT2D eigenvalue weighted by Gasteiger charge is -2.17. The van der Waals surface area contributed by atoms with Crippen molar-refractivity contribution in [1.29, 1.82) is 0 Å². The summed E-state index contributed by atoms with van der Waals surface area (Å²) in [6.45, 7) is -0.547. The number of amides is 3. The van der Waals surface area contributed by atoms with Crippen molar-refractivity contribution < 1.29 is 33.8 Å². The first-order valence-electron chi connectivity index (χ1n) is 7.12. The van der Waals surface area contributed by atoms with Crippen LogP contribution in [0.1, 0.15) is 6.42 Å². The average molecular weight is 368 g/mol. The van der Waals surface area contributed by atoms with E-state index in [1.165, 1.54) is 26.4 Å². The summed E-state index contributed by atoms with van der Waals surface area (Å²) in [6.07, 6.45) is -0.294. The number of carbonyl (C=O) groups is 4. The smallest absolute Gasteiger partial charge is 0.322 e. The van der Waals surface area contributed by atoms with Crippen LogP contribution in [0.25, 0.3) is 0 Å². The second-order valence-corrected chi connectivity index (χ2v) is 6.11. The van der Waals surface area contributed by atoms with E-state index in [-0.39, 0.29) is 17.9 Å². The molecule has 1 aliphatic rings. The average Bonchev–Trinajstić information content (AvgIpc) is 2.86. The number of imide groups is 1. The summed E-state index contributed by atoms with van der Waals surface area (Å²) in [5.41, 5.74) is 0.249. The van der Waals surface area contributed by atoms with Crippen molar-refractivity contribution in [3.05, 3.63) is 18.2 Å². The van der Waals surface area contributed by atoms with Gasteiger partial charge in [-0.3, -0.25) is 19.2 Å². The maximum absolute atomic E-state index is 12.5. The third kappa shape index (κ3) is 4.21. The molecule has 0 bridgehead atoms. The van der Waals surface area contributed by atoms with Crippen molar-refractivity contribution in [2.45, 2.75) is 11.7 Å². The highest BCUT2D eigenvalue weighted by molar-refractivity contribution is 8.15. The number of aliphatic carboxylic acids is 1. The Morgan fingerprint density at radius 3 is 2.60 bits per heavy atom. The lowest BCUT2D eigenvalue weighted by atomic mass is 10.2. The van der Waals surface area contributed by atoms with Crippen molar-refractivity contribution >= 4 is 40.5 Å². The zero-order valence-corrected chi connectivity index (χ0v) is 14.3. The summed E-state index contributed by atoms with van der Waals surface area (Å²) in [7, 11) is 2.87. The summed E-state index contributed by atoms with van der Waals surface area (Å²) in [6, 6.07) is 4.63. The normalized spacial score (nSPS) is 16.7. The number of carbonyl (C=O) groups excluding carboxylic acids is 3. The van der Waals surface area contributed by atoms with Crippen LogP contribution in [0.15, 0.2) is 18.2 Å². The van der Waals surface area contributed by atoms with Crippen LogP contribution in [0.5, 0.6) is 11.5 Å². The summed E-state index contributed by atoms with van der Waals surface area (Å²) in [4.78, 5) is 47.8. The summed E-state index contributed by atoms with van der Waals surface area (Å²) in [5, 5.41) is 9.24. The number of hydrogen-bond donors (Lipinski definition) is 2. The molecule has 1 aliphatic heterocycles. The Morgan fingerprint density at radius 2 is 2.00 bits per heavy atom. The van der Waals surface area contributed by atoms with Crippen LogP contribution in [0.3, 0.4) is 0 Å². The van der Waals surface area contributed by atoms with Crippen LogP contribution in [0, 0.1) is 0 Å². The Bertz CT molecular complexity index is 722. The van der Waals surface area contributed by atoms with E-state index in [9.17, 15) is 19.2 Å². The number of carboxylic acid groups (broad SMARTS) is 1. The van der Waals surface area contributed by atoms with E-state index < -0.39 is 34.8 Å². The molecule has 9 nitrogen and oxygen atoms in total. The number of rotatable bonds is 7.